The Morgan fingerprint density at radius 1 is 1.15 bits per heavy atom. The van der Waals surface area contributed by atoms with Gasteiger partial charge in [-0.1, -0.05) is 0 Å². The molecule has 0 rings (SSSR count). The molecule has 0 aromatic rings. The maximum Gasteiger partial charge on any atom is 0.189 e. The number of rotatable bonds is 5. The Balaban J connectivity index is 0. The van der Waals surface area contributed by atoms with Crippen LogP contribution in [0.5, 0.6) is 0 Å². The first-order chi connectivity index (χ1) is 5.54. The maximum atomic E-state index is 10.5. The van der Waals surface area contributed by atoms with Gasteiger partial charge in [-0.2, -0.15) is 0 Å². The van der Waals surface area contributed by atoms with Crippen molar-refractivity contribution in [2.45, 2.75) is 18.3 Å². The van der Waals surface area contributed by atoms with Crippen molar-refractivity contribution in [2.75, 3.05) is 13.2 Å². The van der Waals surface area contributed by atoms with Gasteiger partial charge in [0, 0.05) is 20.4 Å². The molecule has 0 spiro atoms. The summed E-state index contributed by atoms with van der Waals surface area (Å²) in [6.07, 6.45) is -5.22. The maximum absolute atomic E-state index is 10.5. The largest absolute Gasteiger partial charge is 0.394 e. The summed E-state index contributed by atoms with van der Waals surface area (Å²) >= 11 is 0. The summed E-state index contributed by atoms with van der Waals surface area (Å²) < 4.78 is 0. The molecule has 0 aliphatic carbocycles. The minimum absolute atomic E-state index is 0. The number of carbonyl (C=O) groups is 1. The fourth-order valence-corrected chi connectivity index (χ4v) is 0.602. The normalized spacial score (nSPS) is 17.0. The predicted octanol–water partition coefficient (Wildman–Crippen LogP) is -3.38. The van der Waals surface area contributed by atoms with Crippen LogP contribution in [0.25, 0.3) is 0 Å². The number of ketones is 1. The summed E-state index contributed by atoms with van der Waals surface area (Å²) in [5.41, 5.74) is 0. The number of Topliss-reactive ketones (excluding diaryl/α,β-unsaturated/α-hetero) is 1. The first kappa shape index (κ1) is 15.6. The van der Waals surface area contributed by atoms with Crippen LogP contribution in [0.15, 0.2) is 0 Å². The van der Waals surface area contributed by atoms with Crippen LogP contribution >= 0.6 is 0 Å². The average molecular weight is 287 g/mol. The third-order valence-corrected chi connectivity index (χ3v) is 1.39. The third-order valence-electron chi connectivity index (χ3n) is 1.39. The van der Waals surface area contributed by atoms with Gasteiger partial charge in [0.1, 0.15) is 24.9 Å². The molecule has 0 aliphatic heterocycles. The average Bonchev–Trinajstić information content (AvgIpc) is 2.12. The molecule has 0 aliphatic rings. The van der Waals surface area contributed by atoms with E-state index in [0.29, 0.717) is 0 Å². The van der Waals surface area contributed by atoms with Gasteiger partial charge in [-0.25, -0.2) is 0 Å². The summed E-state index contributed by atoms with van der Waals surface area (Å²) in [7, 11) is 0. The molecule has 3 unspecified atom stereocenters. The number of hydrogen-bond acceptors (Lipinski definition) is 6. The molecule has 7 heteroatoms. The molecule has 6 nitrogen and oxygen atoms in total. The zero-order valence-corrected chi connectivity index (χ0v) is 8.16. The Morgan fingerprint density at radius 2 is 1.62 bits per heavy atom. The zero-order valence-electron chi connectivity index (χ0n) is 6.61. The van der Waals surface area contributed by atoms with Gasteiger partial charge >= 0.3 is 0 Å². The van der Waals surface area contributed by atoms with E-state index in [9.17, 15) is 4.79 Å². The summed E-state index contributed by atoms with van der Waals surface area (Å²) in [4.78, 5) is 10.5. The van der Waals surface area contributed by atoms with E-state index in [2.05, 4.69) is 0 Å². The van der Waals surface area contributed by atoms with Crippen LogP contribution in [0.3, 0.4) is 0 Å². The van der Waals surface area contributed by atoms with Gasteiger partial charge in [-0.15, -0.1) is 0 Å². The van der Waals surface area contributed by atoms with E-state index in [4.69, 9.17) is 25.5 Å². The molecule has 13 heavy (non-hydrogen) atoms. The van der Waals surface area contributed by atoms with E-state index < -0.39 is 37.3 Å². The van der Waals surface area contributed by atoms with Crippen LogP contribution in [0.1, 0.15) is 0 Å². The van der Waals surface area contributed by atoms with Gasteiger partial charge in [0.15, 0.2) is 5.78 Å². The molecular weight excluding hydrogens is 274 g/mol. The smallest absolute Gasteiger partial charge is 0.189 e. The van der Waals surface area contributed by atoms with Crippen LogP contribution < -0.4 is 0 Å². The van der Waals surface area contributed by atoms with Crippen molar-refractivity contribution in [3.05, 3.63) is 0 Å². The summed E-state index contributed by atoms with van der Waals surface area (Å²) in [5, 5.41) is 43.1. The van der Waals surface area contributed by atoms with E-state index >= 15 is 0 Å². The molecule has 0 radical (unpaired) electrons. The Morgan fingerprint density at radius 3 is 1.92 bits per heavy atom. The minimum atomic E-state index is -1.86. The molecule has 0 heterocycles. The molecule has 0 amide bonds. The standard InChI is InChI=1S/C6H12O6.Pd/c7-1-3(9)5(11)6(12)4(10)2-8;/h3,5-9,11-12H,1-2H2;. The van der Waals surface area contributed by atoms with Gasteiger partial charge in [-0.05, 0) is 0 Å². The third kappa shape index (κ3) is 4.79. The van der Waals surface area contributed by atoms with Crippen LogP contribution in [0.2, 0.25) is 0 Å². The van der Waals surface area contributed by atoms with Crippen molar-refractivity contribution < 1.29 is 50.7 Å². The molecule has 0 saturated carbocycles. The number of carbonyl (C=O) groups excluding carboxylic acids is 1. The van der Waals surface area contributed by atoms with Crippen molar-refractivity contribution in [1.29, 1.82) is 0 Å². The van der Waals surface area contributed by atoms with Gasteiger partial charge in [0.2, 0.25) is 0 Å². The van der Waals surface area contributed by atoms with Crippen LogP contribution in [0, 0.1) is 0 Å². The van der Waals surface area contributed by atoms with Crippen LogP contribution in [0.4, 0.5) is 0 Å². The molecule has 0 bridgehead atoms. The topological polar surface area (TPSA) is 118 Å². The Bertz CT molecular complexity index is 152. The van der Waals surface area contributed by atoms with Crippen molar-refractivity contribution in [3.8, 4) is 0 Å². The van der Waals surface area contributed by atoms with E-state index in [-0.39, 0.29) is 20.4 Å². The number of aliphatic hydroxyl groups excluding tert-OH is 5. The number of hydrogen-bond donors (Lipinski definition) is 5. The van der Waals surface area contributed by atoms with Gasteiger partial charge in [0.05, 0.1) is 6.61 Å². The molecule has 3 atom stereocenters. The first-order valence-electron chi connectivity index (χ1n) is 3.33. The fraction of sp³-hybridized carbons (Fsp3) is 0.833. The second-order valence-electron chi connectivity index (χ2n) is 2.31. The van der Waals surface area contributed by atoms with Crippen molar-refractivity contribution in [1.82, 2.24) is 0 Å². The second kappa shape index (κ2) is 7.53. The van der Waals surface area contributed by atoms with Crippen LogP contribution in [-0.4, -0.2) is 62.8 Å². The quantitative estimate of drug-likeness (QED) is 0.337. The van der Waals surface area contributed by atoms with Crippen LogP contribution in [-0.2, 0) is 25.2 Å². The first-order valence-corrected chi connectivity index (χ1v) is 3.33. The Kier molecular flexibility index (Phi) is 9.03. The molecule has 5 N–H and O–H groups in total. The molecule has 0 aromatic carbocycles. The Labute approximate surface area is 88.5 Å². The van der Waals surface area contributed by atoms with E-state index in [1.165, 1.54) is 0 Å². The predicted molar refractivity (Wildman–Crippen MR) is 37.2 cm³/mol. The summed E-state index contributed by atoms with van der Waals surface area (Å²) in [6, 6.07) is 0. The van der Waals surface area contributed by atoms with E-state index in [1.54, 1.807) is 0 Å². The fourth-order valence-electron chi connectivity index (χ4n) is 0.602. The van der Waals surface area contributed by atoms with Crippen molar-refractivity contribution >= 4 is 5.78 Å². The van der Waals surface area contributed by atoms with Gasteiger partial charge in [0.25, 0.3) is 0 Å². The summed E-state index contributed by atoms with van der Waals surface area (Å²) in [6.45, 7) is -1.69. The SMILES string of the molecule is O=C(CO)C(O)C(O)C(O)CO.[Pd]. The molecular formula is C6H12O6Pd. The molecule has 0 aromatic heterocycles. The van der Waals surface area contributed by atoms with Crippen molar-refractivity contribution in [3.63, 3.8) is 0 Å². The second-order valence-corrected chi connectivity index (χ2v) is 2.31. The zero-order chi connectivity index (χ0) is 9.72. The van der Waals surface area contributed by atoms with E-state index in [1.807, 2.05) is 0 Å². The van der Waals surface area contributed by atoms with Crippen molar-refractivity contribution in [2.24, 2.45) is 0 Å². The van der Waals surface area contributed by atoms with E-state index in [0.717, 1.165) is 0 Å². The van der Waals surface area contributed by atoms with Gasteiger partial charge in [-0.3, -0.25) is 4.79 Å². The number of aliphatic hydroxyl groups is 5. The Hall–Kier alpha value is 0.132. The minimum Gasteiger partial charge on any atom is -0.394 e. The summed E-state index contributed by atoms with van der Waals surface area (Å²) in [5.74, 6) is -1.00. The molecule has 82 valence electrons. The molecule has 0 fully saturated rings. The molecule has 0 saturated heterocycles. The monoisotopic (exact) mass is 286 g/mol. The van der Waals surface area contributed by atoms with Gasteiger partial charge < -0.3 is 25.5 Å².